The summed E-state index contributed by atoms with van der Waals surface area (Å²) in [6, 6.07) is 14.0. The molecule has 0 bridgehead atoms. The summed E-state index contributed by atoms with van der Waals surface area (Å²) in [6.45, 7) is 7.57. The van der Waals surface area contributed by atoms with Crippen LogP contribution in [0.2, 0.25) is 0 Å². The maximum Gasteiger partial charge on any atom is 0.270 e. The molecular formula is C29H37FN6O2. The molecule has 9 heteroatoms. The number of nitrogens with one attached hydrogen (secondary N) is 2. The van der Waals surface area contributed by atoms with Gasteiger partial charge in [-0.05, 0) is 73.8 Å². The number of benzene rings is 2. The summed E-state index contributed by atoms with van der Waals surface area (Å²) in [5, 5.41) is 6.24. The Balaban J connectivity index is 0.00000220. The number of carbonyl (C=O) groups is 1. The number of hydrogen-bond acceptors (Lipinski definition) is 6. The highest BCUT2D eigenvalue weighted by Gasteiger charge is 2.14. The van der Waals surface area contributed by atoms with E-state index in [2.05, 4.69) is 20.5 Å². The van der Waals surface area contributed by atoms with Crippen LogP contribution in [-0.4, -0.2) is 51.5 Å². The summed E-state index contributed by atoms with van der Waals surface area (Å²) in [4.78, 5) is 23.9. The minimum absolute atomic E-state index is 0. The molecule has 0 saturated carbocycles. The van der Waals surface area contributed by atoms with Gasteiger partial charge in [0.2, 0.25) is 5.95 Å². The van der Waals surface area contributed by atoms with E-state index < -0.39 is 0 Å². The Morgan fingerprint density at radius 1 is 1.11 bits per heavy atom. The molecule has 2 aromatic heterocycles. The van der Waals surface area contributed by atoms with Crippen molar-refractivity contribution in [2.75, 3.05) is 31.5 Å². The summed E-state index contributed by atoms with van der Waals surface area (Å²) >= 11 is 0. The fourth-order valence-electron chi connectivity index (χ4n) is 4.71. The molecule has 1 saturated heterocycles. The lowest BCUT2D eigenvalue weighted by Gasteiger charge is -2.14. The van der Waals surface area contributed by atoms with Crippen LogP contribution in [0, 0.1) is 5.82 Å². The van der Waals surface area contributed by atoms with E-state index in [0.717, 1.165) is 36.4 Å². The molecule has 0 unspecified atom stereocenters. The van der Waals surface area contributed by atoms with Crippen LogP contribution >= 0.6 is 0 Å². The number of pyridine rings is 1. The number of aromatic nitrogens is 3. The lowest BCUT2D eigenvalue weighted by atomic mass is 10.0. The first-order valence-electron chi connectivity index (χ1n) is 13.0. The summed E-state index contributed by atoms with van der Waals surface area (Å²) in [5.74, 6) is 1.40. The zero-order chi connectivity index (χ0) is 26.6. The smallest absolute Gasteiger partial charge is 0.270 e. The first-order valence-corrected chi connectivity index (χ1v) is 13.0. The van der Waals surface area contributed by atoms with Gasteiger partial charge in [0, 0.05) is 47.0 Å². The van der Waals surface area contributed by atoms with Gasteiger partial charge in [-0.1, -0.05) is 13.8 Å². The molecule has 2 N–H and O–H groups in total. The fourth-order valence-corrected chi connectivity index (χ4v) is 4.71. The van der Waals surface area contributed by atoms with Crippen molar-refractivity contribution in [3.63, 3.8) is 0 Å². The fraction of sp³-hybridized carbons (Fsp3) is 0.345. The highest BCUT2D eigenvalue weighted by Crippen LogP contribution is 2.29. The molecule has 0 aliphatic carbocycles. The number of imidazole rings is 1. The number of carbonyl (C=O) groups excluding carboxylic acids is 1. The molecule has 2 aromatic carbocycles. The van der Waals surface area contributed by atoms with E-state index >= 15 is 0 Å². The van der Waals surface area contributed by atoms with E-state index in [1.807, 2.05) is 49.7 Å². The molecule has 0 spiro atoms. The summed E-state index contributed by atoms with van der Waals surface area (Å²) < 4.78 is 22.1. The molecule has 3 heterocycles. The van der Waals surface area contributed by atoms with Crippen LogP contribution in [0.25, 0.3) is 11.0 Å². The number of nitrogens with zero attached hydrogens (tertiary/aromatic N) is 4. The molecule has 1 aliphatic heterocycles. The number of fused-ring (bicyclic) bond motifs is 1. The molecule has 1 amide bonds. The molecule has 8 nitrogen and oxygen atoms in total. The Bertz CT molecular complexity index is 1460. The maximum absolute atomic E-state index is 14.1. The monoisotopic (exact) mass is 520 g/mol. The molecular weight excluding hydrogens is 483 g/mol. The second-order valence-electron chi connectivity index (χ2n) is 9.94. The number of halogens is 1. The average molecular weight is 521 g/mol. The van der Waals surface area contributed by atoms with Crippen LogP contribution in [0.15, 0.2) is 54.7 Å². The van der Waals surface area contributed by atoms with Crippen molar-refractivity contribution in [1.82, 2.24) is 24.8 Å². The van der Waals surface area contributed by atoms with Crippen molar-refractivity contribution in [2.45, 2.75) is 32.6 Å². The van der Waals surface area contributed by atoms with Gasteiger partial charge in [0.05, 0.1) is 11.0 Å². The third kappa shape index (κ3) is 5.78. The van der Waals surface area contributed by atoms with Crippen LogP contribution in [-0.2, 0) is 7.05 Å². The van der Waals surface area contributed by atoms with Crippen molar-refractivity contribution in [3.05, 3.63) is 71.8 Å². The highest BCUT2D eigenvalue weighted by atomic mass is 19.1. The Morgan fingerprint density at radius 3 is 2.68 bits per heavy atom. The number of amides is 1. The standard InChI is InChI=1S/C29H33FN6O2.2H2/c1-19(2)23-16-20(6-8-24(23)30)33-29-34-25-17-21(7-9-27(25)35(29)3)38-22-10-11-31-26(18-22)28(37)32-12-15-36-13-4-5-14-36;;/h6-11,16-19H,4-5,12-15H2,1-3H3,(H,32,37)(H,33,34);2*1H. The molecule has 38 heavy (non-hydrogen) atoms. The van der Waals surface area contributed by atoms with Gasteiger partial charge in [0.1, 0.15) is 23.0 Å². The number of likely N-dealkylation sites (tertiary alicyclic amines) is 1. The van der Waals surface area contributed by atoms with E-state index in [4.69, 9.17) is 9.72 Å². The average Bonchev–Trinajstić information content (AvgIpc) is 3.53. The van der Waals surface area contributed by atoms with E-state index in [0.29, 0.717) is 35.2 Å². The quantitative estimate of drug-likeness (QED) is 0.278. The molecule has 4 aromatic rings. The van der Waals surface area contributed by atoms with E-state index in [1.165, 1.54) is 18.9 Å². The summed E-state index contributed by atoms with van der Waals surface area (Å²) in [6.07, 6.45) is 4.02. The first-order chi connectivity index (χ1) is 18.4. The normalized spacial score (nSPS) is 13.8. The number of anilines is 2. The van der Waals surface area contributed by atoms with Gasteiger partial charge in [-0.15, -0.1) is 0 Å². The Morgan fingerprint density at radius 2 is 1.89 bits per heavy atom. The number of rotatable bonds is 9. The summed E-state index contributed by atoms with van der Waals surface area (Å²) in [7, 11) is 1.92. The van der Waals surface area contributed by atoms with Crippen LogP contribution in [0.3, 0.4) is 0 Å². The van der Waals surface area contributed by atoms with Crippen LogP contribution in [0.5, 0.6) is 11.5 Å². The van der Waals surface area contributed by atoms with Gasteiger partial charge in [-0.3, -0.25) is 9.78 Å². The first kappa shape index (κ1) is 25.7. The Hall–Kier alpha value is -3.98. The number of hydrogen-bond donors (Lipinski definition) is 2. The van der Waals surface area contributed by atoms with Crippen molar-refractivity contribution in [1.29, 1.82) is 0 Å². The lowest BCUT2D eigenvalue weighted by Crippen LogP contribution is -2.33. The van der Waals surface area contributed by atoms with Gasteiger partial charge in [0.25, 0.3) is 5.91 Å². The minimum Gasteiger partial charge on any atom is -0.457 e. The van der Waals surface area contributed by atoms with Gasteiger partial charge < -0.3 is 24.8 Å². The zero-order valence-corrected chi connectivity index (χ0v) is 22.0. The van der Waals surface area contributed by atoms with Crippen LogP contribution in [0.4, 0.5) is 16.0 Å². The molecule has 0 atom stereocenters. The highest BCUT2D eigenvalue weighted by molar-refractivity contribution is 5.92. The van der Waals surface area contributed by atoms with Gasteiger partial charge in [0.15, 0.2) is 0 Å². The van der Waals surface area contributed by atoms with Crippen molar-refractivity contribution in [2.24, 2.45) is 7.05 Å². The van der Waals surface area contributed by atoms with Crippen LogP contribution < -0.4 is 15.4 Å². The molecule has 0 radical (unpaired) electrons. The Labute approximate surface area is 224 Å². The molecule has 1 aliphatic rings. The second kappa shape index (κ2) is 11.2. The predicted molar refractivity (Wildman–Crippen MR) is 151 cm³/mol. The Kier molecular flexibility index (Phi) is 7.55. The third-order valence-corrected chi connectivity index (χ3v) is 6.84. The number of ether oxygens (including phenoxy) is 1. The van der Waals surface area contributed by atoms with Crippen LogP contribution in [0.1, 0.15) is 51.5 Å². The van der Waals surface area contributed by atoms with E-state index in [9.17, 15) is 9.18 Å². The van der Waals surface area contributed by atoms with Crippen molar-refractivity contribution >= 4 is 28.6 Å². The number of aryl methyl sites for hydroxylation is 1. The van der Waals surface area contributed by atoms with Crippen molar-refractivity contribution in [3.8, 4) is 11.5 Å². The second-order valence-corrected chi connectivity index (χ2v) is 9.94. The third-order valence-electron chi connectivity index (χ3n) is 6.84. The predicted octanol–water partition coefficient (Wildman–Crippen LogP) is 6.08. The van der Waals surface area contributed by atoms with Gasteiger partial charge in [-0.25, -0.2) is 9.37 Å². The van der Waals surface area contributed by atoms with Crippen molar-refractivity contribution < 1.29 is 16.8 Å². The molecule has 202 valence electrons. The van der Waals surface area contributed by atoms with E-state index in [-0.39, 0.29) is 20.5 Å². The lowest BCUT2D eigenvalue weighted by molar-refractivity contribution is 0.0944. The zero-order valence-electron chi connectivity index (χ0n) is 22.0. The van der Waals surface area contributed by atoms with E-state index in [1.54, 1.807) is 24.4 Å². The maximum atomic E-state index is 14.1. The van der Waals surface area contributed by atoms with Gasteiger partial charge in [-0.2, -0.15) is 0 Å². The van der Waals surface area contributed by atoms with Gasteiger partial charge >= 0.3 is 0 Å². The molecule has 1 fully saturated rings. The summed E-state index contributed by atoms with van der Waals surface area (Å²) in [5.41, 5.74) is 3.40. The topological polar surface area (TPSA) is 84.3 Å². The largest absolute Gasteiger partial charge is 0.457 e. The minimum atomic E-state index is -0.216. The SMILES string of the molecule is CC(C)c1cc(Nc2nc3cc(Oc4ccnc(C(=O)NCCN5CCCC5)c4)ccc3n2C)ccc1F.[HH].[HH]. The molecule has 5 rings (SSSR count).